The Bertz CT molecular complexity index is 1020. The summed E-state index contributed by atoms with van der Waals surface area (Å²) >= 11 is 0. The number of methoxy groups -OCH3 is 1. The largest absolute Gasteiger partial charge is 0.497 e. The Balaban J connectivity index is 1.49. The van der Waals surface area contributed by atoms with Crippen LogP contribution >= 0.6 is 0 Å². The van der Waals surface area contributed by atoms with Gasteiger partial charge in [0.25, 0.3) is 0 Å². The fraction of sp³-hybridized carbons (Fsp3) is 0.273. The molecule has 27 heavy (non-hydrogen) atoms. The smallest absolute Gasteiger partial charge is 0.243 e. The van der Waals surface area contributed by atoms with Crippen LogP contribution in [-0.4, -0.2) is 23.8 Å². The van der Waals surface area contributed by atoms with Crippen LogP contribution < -0.4 is 10.2 Å². The number of rotatable bonds is 5. The quantitative estimate of drug-likeness (QED) is 0.556. The van der Waals surface area contributed by atoms with Crippen molar-refractivity contribution in [3.63, 3.8) is 0 Å². The molecule has 5 heteroatoms. The zero-order valence-corrected chi connectivity index (χ0v) is 15.8. The first-order valence-corrected chi connectivity index (χ1v) is 9.11. The van der Waals surface area contributed by atoms with Gasteiger partial charge in [-0.3, -0.25) is 4.79 Å². The second kappa shape index (κ2) is 6.91. The number of fused-ring (bicyclic) bond motifs is 1. The van der Waals surface area contributed by atoms with Crippen LogP contribution in [0.1, 0.15) is 29.2 Å². The van der Waals surface area contributed by atoms with Crippen molar-refractivity contribution in [2.75, 3.05) is 7.11 Å². The van der Waals surface area contributed by atoms with Gasteiger partial charge in [0.1, 0.15) is 5.75 Å². The van der Waals surface area contributed by atoms with E-state index in [4.69, 9.17) is 4.74 Å². The SMILES string of the molecule is COc1ccc2c(c1)c(/C=N/NC(=O)[C@@H]1C[C@H]1c1ccccc1)c(C)n2C. The van der Waals surface area contributed by atoms with Crippen LogP contribution in [0.15, 0.2) is 53.6 Å². The molecular formula is C22H23N3O2. The summed E-state index contributed by atoms with van der Waals surface area (Å²) in [5.41, 5.74) is 7.11. The molecule has 0 saturated heterocycles. The highest BCUT2D eigenvalue weighted by molar-refractivity contribution is 6.02. The fourth-order valence-corrected chi connectivity index (χ4v) is 3.67. The lowest BCUT2D eigenvalue weighted by molar-refractivity contribution is -0.122. The van der Waals surface area contributed by atoms with E-state index in [-0.39, 0.29) is 11.8 Å². The maximum Gasteiger partial charge on any atom is 0.243 e. The highest BCUT2D eigenvalue weighted by atomic mass is 16.5. The third-order valence-electron chi connectivity index (χ3n) is 5.47. The minimum absolute atomic E-state index is 0.0123. The number of hydrazone groups is 1. The predicted molar refractivity (Wildman–Crippen MR) is 107 cm³/mol. The molecule has 1 aliphatic rings. The summed E-state index contributed by atoms with van der Waals surface area (Å²) < 4.78 is 7.45. The summed E-state index contributed by atoms with van der Waals surface area (Å²) in [7, 11) is 3.68. The number of carbonyl (C=O) groups is 1. The molecular weight excluding hydrogens is 338 g/mol. The van der Waals surface area contributed by atoms with Gasteiger partial charge in [-0.15, -0.1) is 0 Å². The van der Waals surface area contributed by atoms with E-state index in [1.165, 1.54) is 5.56 Å². The highest BCUT2D eigenvalue weighted by Crippen LogP contribution is 2.47. The summed E-state index contributed by atoms with van der Waals surface area (Å²) in [5, 5.41) is 5.29. The van der Waals surface area contributed by atoms with Gasteiger partial charge in [-0.1, -0.05) is 30.3 Å². The Morgan fingerprint density at radius 2 is 2.04 bits per heavy atom. The number of hydrogen-bond donors (Lipinski definition) is 1. The monoisotopic (exact) mass is 361 g/mol. The predicted octanol–water partition coefficient (Wildman–Crippen LogP) is 3.75. The number of benzene rings is 2. The molecule has 0 spiro atoms. The molecule has 2 atom stereocenters. The molecule has 138 valence electrons. The van der Waals surface area contributed by atoms with Crippen molar-refractivity contribution in [3.8, 4) is 5.75 Å². The van der Waals surface area contributed by atoms with Crippen molar-refractivity contribution < 1.29 is 9.53 Å². The van der Waals surface area contributed by atoms with Crippen LogP contribution in [0.5, 0.6) is 5.75 Å². The van der Waals surface area contributed by atoms with Gasteiger partial charge in [0, 0.05) is 35.1 Å². The molecule has 1 N–H and O–H groups in total. The number of amides is 1. The number of ether oxygens (including phenoxy) is 1. The Morgan fingerprint density at radius 1 is 1.26 bits per heavy atom. The summed E-state index contributed by atoms with van der Waals surface area (Å²) in [5.74, 6) is 1.11. The van der Waals surface area contributed by atoms with Gasteiger partial charge in [0.2, 0.25) is 5.91 Å². The number of aryl methyl sites for hydroxylation is 1. The van der Waals surface area contributed by atoms with Crippen molar-refractivity contribution in [2.24, 2.45) is 18.1 Å². The van der Waals surface area contributed by atoms with Crippen molar-refractivity contribution in [1.82, 2.24) is 9.99 Å². The third-order valence-corrected chi connectivity index (χ3v) is 5.47. The summed E-state index contributed by atoms with van der Waals surface area (Å²) in [4.78, 5) is 12.4. The Labute approximate surface area is 158 Å². The van der Waals surface area contributed by atoms with Gasteiger partial charge in [-0.05, 0) is 43.0 Å². The van der Waals surface area contributed by atoms with Crippen molar-refractivity contribution in [2.45, 2.75) is 19.3 Å². The van der Waals surface area contributed by atoms with Gasteiger partial charge in [-0.25, -0.2) is 5.43 Å². The average Bonchev–Trinajstić information content (AvgIpc) is 3.47. The molecule has 1 fully saturated rings. The van der Waals surface area contributed by atoms with E-state index in [9.17, 15) is 4.79 Å². The van der Waals surface area contributed by atoms with Crippen LogP contribution in [0.3, 0.4) is 0 Å². The van der Waals surface area contributed by atoms with Crippen LogP contribution in [0.4, 0.5) is 0 Å². The molecule has 0 aliphatic heterocycles. The lowest BCUT2D eigenvalue weighted by Crippen LogP contribution is -2.20. The molecule has 1 aliphatic carbocycles. The molecule has 1 saturated carbocycles. The van der Waals surface area contributed by atoms with Crippen molar-refractivity contribution in [3.05, 3.63) is 65.4 Å². The second-order valence-electron chi connectivity index (χ2n) is 7.03. The van der Waals surface area contributed by atoms with E-state index in [0.717, 1.165) is 34.3 Å². The second-order valence-corrected chi connectivity index (χ2v) is 7.03. The van der Waals surface area contributed by atoms with Gasteiger partial charge < -0.3 is 9.30 Å². The molecule has 0 radical (unpaired) electrons. The summed E-state index contributed by atoms with van der Waals surface area (Å²) in [6.07, 6.45) is 2.62. The van der Waals surface area contributed by atoms with Crippen LogP contribution in [0.25, 0.3) is 10.9 Å². The normalized spacial score (nSPS) is 18.8. The molecule has 0 unspecified atom stereocenters. The van der Waals surface area contributed by atoms with Gasteiger partial charge in [-0.2, -0.15) is 5.10 Å². The van der Waals surface area contributed by atoms with E-state index in [2.05, 4.69) is 27.2 Å². The molecule has 4 rings (SSSR count). The number of nitrogens with zero attached hydrogens (tertiary/aromatic N) is 2. The first kappa shape index (κ1) is 17.3. The molecule has 1 heterocycles. The Morgan fingerprint density at radius 3 is 2.78 bits per heavy atom. The summed E-state index contributed by atoms with van der Waals surface area (Å²) in [6, 6.07) is 16.1. The topological polar surface area (TPSA) is 55.6 Å². The van der Waals surface area contributed by atoms with E-state index in [1.54, 1.807) is 13.3 Å². The van der Waals surface area contributed by atoms with Crippen LogP contribution in [0, 0.1) is 12.8 Å². The maximum atomic E-state index is 12.4. The fourth-order valence-electron chi connectivity index (χ4n) is 3.67. The third kappa shape index (κ3) is 3.21. The van der Waals surface area contributed by atoms with E-state index in [0.29, 0.717) is 5.92 Å². The average molecular weight is 361 g/mol. The minimum Gasteiger partial charge on any atom is -0.497 e. The van der Waals surface area contributed by atoms with E-state index in [1.807, 2.05) is 50.4 Å². The van der Waals surface area contributed by atoms with E-state index >= 15 is 0 Å². The molecule has 1 amide bonds. The zero-order valence-electron chi connectivity index (χ0n) is 15.8. The minimum atomic E-state index is -0.0180. The van der Waals surface area contributed by atoms with Gasteiger partial charge in [0.15, 0.2) is 0 Å². The number of hydrogen-bond acceptors (Lipinski definition) is 3. The highest BCUT2D eigenvalue weighted by Gasteiger charge is 2.43. The van der Waals surface area contributed by atoms with Crippen molar-refractivity contribution >= 4 is 23.0 Å². The van der Waals surface area contributed by atoms with Crippen LogP contribution in [-0.2, 0) is 11.8 Å². The number of aromatic nitrogens is 1. The standard InChI is InChI=1S/C22H23N3O2/c1-14-20(18-11-16(27-3)9-10-21(18)25(14)2)13-23-24-22(26)19-12-17(19)15-7-5-4-6-8-15/h4-11,13,17,19H,12H2,1-3H3,(H,24,26)/b23-13+/t17-,19+/m0/s1. The van der Waals surface area contributed by atoms with Crippen LogP contribution in [0.2, 0.25) is 0 Å². The molecule has 3 aromatic rings. The maximum absolute atomic E-state index is 12.4. The lowest BCUT2D eigenvalue weighted by Gasteiger charge is -2.01. The summed E-state index contributed by atoms with van der Waals surface area (Å²) in [6.45, 7) is 2.04. The lowest BCUT2D eigenvalue weighted by atomic mass is 10.1. The van der Waals surface area contributed by atoms with E-state index < -0.39 is 0 Å². The van der Waals surface area contributed by atoms with Gasteiger partial charge in [0.05, 0.1) is 13.3 Å². The van der Waals surface area contributed by atoms with Gasteiger partial charge >= 0.3 is 0 Å². The molecule has 2 aromatic carbocycles. The first-order chi connectivity index (χ1) is 13.1. The molecule has 1 aromatic heterocycles. The Kier molecular flexibility index (Phi) is 4.44. The first-order valence-electron chi connectivity index (χ1n) is 9.11. The zero-order chi connectivity index (χ0) is 19.0. The molecule has 5 nitrogen and oxygen atoms in total. The number of carbonyl (C=O) groups excluding carboxylic acids is 1. The molecule has 0 bridgehead atoms. The van der Waals surface area contributed by atoms with Crippen molar-refractivity contribution in [1.29, 1.82) is 0 Å². The Hall–Kier alpha value is -3.08. The number of nitrogens with one attached hydrogen (secondary N) is 1.